The minimum Gasteiger partial charge on any atom is -0.398 e. The summed E-state index contributed by atoms with van der Waals surface area (Å²) in [5.74, 6) is 0.104. The number of carbonyl (C=O) groups is 1. The van der Waals surface area contributed by atoms with Gasteiger partial charge < -0.3 is 10.6 Å². The van der Waals surface area contributed by atoms with E-state index in [9.17, 15) is 4.79 Å². The second-order valence-corrected chi connectivity index (χ2v) is 6.97. The Labute approximate surface area is 127 Å². The highest BCUT2D eigenvalue weighted by Crippen LogP contribution is 2.21. The number of nitrogens with two attached hydrogens (primary N) is 1. The Morgan fingerprint density at radius 1 is 1.05 bits per heavy atom. The molecule has 0 radical (unpaired) electrons. The first-order valence-corrected chi connectivity index (χ1v) is 7.61. The van der Waals surface area contributed by atoms with E-state index < -0.39 is 0 Å². The van der Waals surface area contributed by atoms with Gasteiger partial charge in [-0.3, -0.25) is 9.69 Å². The molecule has 21 heavy (non-hydrogen) atoms. The van der Waals surface area contributed by atoms with Crippen LogP contribution in [-0.2, 0) is 0 Å². The number of amides is 1. The zero-order chi connectivity index (χ0) is 15.8. The molecule has 4 heteroatoms. The van der Waals surface area contributed by atoms with Crippen molar-refractivity contribution in [1.82, 2.24) is 9.80 Å². The third-order valence-electron chi connectivity index (χ3n) is 4.36. The van der Waals surface area contributed by atoms with Gasteiger partial charge in [0, 0.05) is 43.0 Å². The molecule has 1 aliphatic heterocycles. The van der Waals surface area contributed by atoms with Gasteiger partial charge in [0.25, 0.3) is 5.91 Å². The molecule has 0 atom stereocenters. The van der Waals surface area contributed by atoms with E-state index in [0.717, 1.165) is 42.9 Å². The molecule has 1 aliphatic rings. The first-order chi connectivity index (χ1) is 9.70. The fourth-order valence-electron chi connectivity index (χ4n) is 2.85. The highest BCUT2D eigenvalue weighted by atomic mass is 16.2. The van der Waals surface area contributed by atoms with E-state index in [0.29, 0.717) is 5.69 Å². The van der Waals surface area contributed by atoms with Crippen LogP contribution in [0.4, 0.5) is 5.69 Å². The van der Waals surface area contributed by atoms with Crippen LogP contribution < -0.4 is 5.73 Å². The summed E-state index contributed by atoms with van der Waals surface area (Å²) in [5, 5.41) is 0. The van der Waals surface area contributed by atoms with E-state index in [1.165, 1.54) is 0 Å². The van der Waals surface area contributed by atoms with Gasteiger partial charge in [0.15, 0.2) is 0 Å². The van der Waals surface area contributed by atoms with Crippen LogP contribution in [0.3, 0.4) is 0 Å². The van der Waals surface area contributed by atoms with Crippen molar-refractivity contribution in [1.29, 1.82) is 0 Å². The standard InChI is InChI=1S/C17H27N3O/c1-12-10-13(2)15(18)11-14(12)16(21)19-6-8-20(9-7-19)17(3,4)5/h10-11H,6-9,18H2,1-5H3. The third kappa shape index (κ3) is 3.38. The van der Waals surface area contributed by atoms with Gasteiger partial charge in [0.2, 0.25) is 0 Å². The molecule has 0 unspecified atom stereocenters. The maximum atomic E-state index is 12.7. The summed E-state index contributed by atoms with van der Waals surface area (Å²) in [6.45, 7) is 14.0. The lowest BCUT2D eigenvalue weighted by atomic mass is 10.0. The van der Waals surface area contributed by atoms with Gasteiger partial charge in [-0.25, -0.2) is 0 Å². The van der Waals surface area contributed by atoms with E-state index in [1.54, 1.807) is 0 Å². The topological polar surface area (TPSA) is 49.6 Å². The summed E-state index contributed by atoms with van der Waals surface area (Å²) in [6.07, 6.45) is 0. The smallest absolute Gasteiger partial charge is 0.254 e. The number of hydrogen-bond acceptors (Lipinski definition) is 3. The van der Waals surface area contributed by atoms with Gasteiger partial charge in [-0.1, -0.05) is 6.07 Å². The zero-order valence-electron chi connectivity index (χ0n) is 13.9. The summed E-state index contributed by atoms with van der Waals surface area (Å²) < 4.78 is 0. The van der Waals surface area contributed by atoms with Crippen molar-refractivity contribution in [2.75, 3.05) is 31.9 Å². The van der Waals surface area contributed by atoms with E-state index in [-0.39, 0.29) is 11.4 Å². The molecule has 1 aromatic carbocycles. The molecule has 0 aromatic heterocycles. The molecule has 0 aliphatic carbocycles. The Morgan fingerprint density at radius 2 is 1.62 bits per heavy atom. The number of anilines is 1. The van der Waals surface area contributed by atoms with Crippen LogP contribution in [0.5, 0.6) is 0 Å². The van der Waals surface area contributed by atoms with E-state index >= 15 is 0 Å². The van der Waals surface area contributed by atoms with Gasteiger partial charge in [0.05, 0.1) is 0 Å². The normalized spacial score (nSPS) is 17.1. The summed E-state index contributed by atoms with van der Waals surface area (Å²) >= 11 is 0. The summed E-state index contributed by atoms with van der Waals surface area (Å²) in [5.41, 5.74) is 9.59. The molecule has 1 amide bonds. The number of piperazine rings is 1. The molecule has 2 rings (SSSR count). The molecule has 2 N–H and O–H groups in total. The van der Waals surface area contributed by atoms with Gasteiger partial charge in [0.1, 0.15) is 0 Å². The molecule has 0 spiro atoms. The Kier molecular flexibility index (Phi) is 4.28. The van der Waals surface area contributed by atoms with Crippen LogP contribution in [0.2, 0.25) is 0 Å². The van der Waals surface area contributed by atoms with Gasteiger partial charge >= 0.3 is 0 Å². The number of hydrogen-bond donors (Lipinski definition) is 1. The minimum absolute atomic E-state index is 0.104. The largest absolute Gasteiger partial charge is 0.398 e. The average Bonchev–Trinajstić information content (AvgIpc) is 2.41. The van der Waals surface area contributed by atoms with Gasteiger partial charge in [-0.05, 0) is 51.8 Å². The lowest BCUT2D eigenvalue weighted by Crippen LogP contribution is -2.54. The van der Waals surface area contributed by atoms with Crippen LogP contribution in [0.1, 0.15) is 42.3 Å². The SMILES string of the molecule is Cc1cc(C)c(C(=O)N2CCN(C(C)(C)C)CC2)cc1N. The molecule has 0 bridgehead atoms. The number of nitrogens with zero attached hydrogens (tertiary/aromatic N) is 2. The van der Waals surface area contributed by atoms with Crippen LogP contribution in [0.15, 0.2) is 12.1 Å². The molecule has 116 valence electrons. The molecule has 1 saturated heterocycles. The van der Waals surface area contributed by atoms with Crippen molar-refractivity contribution < 1.29 is 4.79 Å². The molecular formula is C17H27N3O. The number of benzene rings is 1. The van der Waals surface area contributed by atoms with Crippen molar-refractivity contribution in [3.8, 4) is 0 Å². The van der Waals surface area contributed by atoms with Crippen molar-refractivity contribution >= 4 is 11.6 Å². The second-order valence-electron chi connectivity index (χ2n) is 6.97. The third-order valence-corrected chi connectivity index (χ3v) is 4.36. The predicted molar refractivity (Wildman–Crippen MR) is 87.6 cm³/mol. The quantitative estimate of drug-likeness (QED) is 0.808. The Balaban J connectivity index is 2.11. The van der Waals surface area contributed by atoms with Crippen LogP contribution in [0.25, 0.3) is 0 Å². The first kappa shape index (κ1) is 15.8. The van der Waals surface area contributed by atoms with E-state index in [1.807, 2.05) is 30.9 Å². The Morgan fingerprint density at radius 3 is 2.14 bits per heavy atom. The van der Waals surface area contributed by atoms with Gasteiger partial charge in [-0.15, -0.1) is 0 Å². The van der Waals surface area contributed by atoms with Crippen molar-refractivity contribution in [2.45, 2.75) is 40.2 Å². The zero-order valence-corrected chi connectivity index (χ0v) is 13.9. The fourth-order valence-corrected chi connectivity index (χ4v) is 2.85. The summed E-state index contributed by atoms with van der Waals surface area (Å²) in [4.78, 5) is 17.1. The lowest BCUT2D eigenvalue weighted by Gasteiger charge is -2.42. The summed E-state index contributed by atoms with van der Waals surface area (Å²) in [7, 11) is 0. The lowest BCUT2D eigenvalue weighted by molar-refractivity contribution is 0.0450. The molecule has 1 aromatic rings. The average molecular weight is 289 g/mol. The molecule has 1 fully saturated rings. The molecular weight excluding hydrogens is 262 g/mol. The Hall–Kier alpha value is -1.55. The van der Waals surface area contributed by atoms with Crippen molar-refractivity contribution in [2.24, 2.45) is 0 Å². The predicted octanol–water partition coefficient (Wildman–Crippen LogP) is 2.44. The molecule has 1 heterocycles. The first-order valence-electron chi connectivity index (χ1n) is 7.61. The number of rotatable bonds is 1. The van der Waals surface area contributed by atoms with Crippen molar-refractivity contribution in [3.63, 3.8) is 0 Å². The van der Waals surface area contributed by atoms with Crippen LogP contribution in [-0.4, -0.2) is 47.4 Å². The maximum Gasteiger partial charge on any atom is 0.254 e. The number of nitrogen functional groups attached to an aromatic ring is 1. The minimum atomic E-state index is 0.104. The molecule has 0 saturated carbocycles. The summed E-state index contributed by atoms with van der Waals surface area (Å²) in [6, 6.07) is 3.82. The van der Waals surface area contributed by atoms with Crippen molar-refractivity contribution in [3.05, 3.63) is 28.8 Å². The Bertz CT molecular complexity index is 538. The molecule has 4 nitrogen and oxygen atoms in total. The van der Waals surface area contributed by atoms with E-state index in [2.05, 4.69) is 25.7 Å². The number of carbonyl (C=O) groups excluding carboxylic acids is 1. The highest BCUT2D eigenvalue weighted by Gasteiger charge is 2.28. The van der Waals surface area contributed by atoms with E-state index in [4.69, 9.17) is 5.73 Å². The monoisotopic (exact) mass is 289 g/mol. The second kappa shape index (κ2) is 5.68. The highest BCUT2D eigenvalue weighted by molar-refractivity contribution is 5.96. The van der Waals surface area contributed by atoms with Crippen LogP contribution >= 0.6 is 0 Å². The fraction of sp³-hybridized carbons (Fsp3) is 0.588. The number of aryl methyl sites for hydroxylation is 2. The maximum absolute atomic E-state index is 12.7. The van der Waals surface area contributed by atoms with Gasteiger partial charge in [-0.2, -0.15) is 0 Å². The van der Waals surface area contributed by atoms with Crippen LogP contribution in [0, 0.1) is 13.8 Å².